The number of likely N-dealkylation sites (tertiary alicyclic amines) is 1. The summed E-state index contributed by atoms with van der Waals surface area (Å²) in [6.07, 6.45) is 2.34. The zero-order valence-corrected chi connectivity index (χ0v) is 15.2. The SMILES string of the molecule is O=C(Nc1ccc2[nH]ncc2c1)C1CCN(C(=O)Nc2ccc(Cl)cc2)C1. The van der Waals surface area contributed by atoms with E-state index in [2.05, 4.69) is 20.8 Å². The molecule has 1 fully saturated rings. The second-order valence-electron chi connectivity index (χ2n) is 6.53. The van der Waals surface area contributed by atoms with E-state index in [1.807, 2.05) is 18.2 Å². The van der Waals surface area contributed by atoms with Gasteiger partial charge in [0.05, 0.1) is 17.6 Å². The number of carbonyl (C=O) groups excluding carboxylic acids is 2. The van der Waals surface area contributed by atoms with Crippen molar-refractivity contribution in [1.82, 2.24) is 15.1 Å². The largest absolute Gasteiger partial charge is 0.326 e. The maximum Gasteiger partial charge on any atom is 0.321 e. The lowest BCUT2D eigenvalue weighted by molar-refractivity contribution is -0.119. The third-order valence-corrected chi connectivity index (χ3v) is 4.90. The Morgan fingerprint density at radius 2 is 1.89 bits per heavy atom. The molecule has 3 amide bonds. The molecule has 8 heteroatoms. The van der Waals surface area contributed by atoms with Gasteiger partial charge in [-0.3, -0.25) is 9.89 Å². The Hall–Kier alpha value is -3.06. The van der Waals surface area contributed by atoms with Crippen LogP contribution in [0.2, 0.25) is 5.02 Å². The lowest BCUT2D eigenvalue weighted by Crippen LogP contribution is -2.34. The lowest BCUT2D eigenvalue weighted by Gasteiger charge is -2.17. The first-order valence-corrected chi connectivity index (χ1v) is 9.02. The van der Waals surface area contributed by atoms with Crippen molar-refractivity contribution in [3.05, 3.63) is 53.7 Å². The molecule has 0 aliphatic carbocycles. The summed E-state index contributed by atoms with van der Waals surface area (Å²) >= 11 is 5.85. The van der Waals surface area contributed by atoms with Crippen LogP contribution in [0.5, 0.6) is 0 Å². The molecule has 1 unspecified atom stereocenters. The number of aromatic amines is 1. The summed E-state index contributed by atoms with van der Waals surface area (Å²) in [6, 6.07) is 12.3. The van der Waals surface area contributed by atoms with E-state index < -0.39 is 0 Å². The summed E-state index contributed by atoms with van der Waals surface area (Å²) < 4.78 is 0. The van der Waals surface area contributed by atoms with Gasteiger partial charge in [-0.2, -0.15) is 5.10 Å². The molecule has 4 rings (SSSR count). The first-order chi connectivity index (χ1) is 13.1. The van der Waals surface area contributed by atoms with Crippen LogP contribution in [0.25, 0.3) is 10.9 Å². The van der Waals surface area contributed by atoms with Gasteiger partial charge in [0, 0.05) is 34.9 Å². The van der Waals surface area contributed by atoms with Gasteiger partial charge in [0.15, 0.2) is 0 Å². The van der Waals surface area contributed by atoms with Crippen LogP contribution in [0.15, 0.2) is 48.7 Å². The summed E-state index contributed by atoms with van der Waals surface area (Å²) in [5.41, 5.74) is 2.31. The number of fused-ring (bicyclic) bond motifs is 1. The van der Waals surface area contributed by atoms with Crippen molar-refractivity contribution in [2.45, 2.75) is 6.42 Å². The fourth-order valence-electron chi connectivity index (χ4n) is 3.16. The number of hydrogen-bond donors (Lipinski definition) is 3. The van der Waals surface area contributed by atoms with Crippen molar-refractivity contribution in [2.24, 2.45) is 5.92 Å². The first kappa shape index (κ1) is 17.4. The molecule has 0 radical (unpaired) electrons. The van der Waals surface area contributed by atoms with Gasteiger partial charge in [-0.05, 0) is 48.9 Å². The summed E-state index contributed by atoms with van der Waals surface area (Å²) in [6.45, 7) is 0.928. The normalized spacial score (nSPS) is 16.5. The molecule has 1 aliphatic rings. The Labute approximate surface area is 160 Å². The number of halogens is 1. The number of rotatable bonds is 3. The average molecular weight is 384 g/mol. The van der Waals surface area contributed by atoms with Crippen LogP contribution >= 0.6 is 11.6 Å². The highest BCUT2D eigenvalue weighted by Gasteiger charge is 2.31. The molecule has 0 bridgehead atoms. The van der Waals surface area contributed by atoms with E-state index in [9.17, 15) is 9.59 Å². The highest BCUT2D eigenvalue weighted by Crippen LogP contribution is 2.22. The Balaban J connectivity index is 1.34. The van der Waals surface area contributed by atoms with E-state index in [-0.39, 0.29) is 17.9 Å². The standard InChI is InChI=1S/C19H18ClN5O2/c20-14-1-3-15(4-2-14)23-19(27)25-8-7-12(11-25)18(26)22-16-5-6-17-13(9-16)10-21-24-17/h1-6,9-10,12H,7-8,11H2,(H,21,24)(H,22,26)(H,23,27). The molecule has 1 aliphatic heterocycles. The van der Waals surface area contributed by atoms with Gasteiger partial charge in [0.2, 0.25) is 5.91 Å². The van der Waals surface area contributed by atoms with Crippen LogP contribution in [0.3, 0.4) is 0 Å². The van der Waals surface area contributed by atoms with Gasteiger partial charge < -0.3 is 15.5 Å². The zero-order chi connectivity index (χ0) is 18.8. The van der Waals surface area contributed by atoms with Crippen LogP contribution in [0.1, 0.15) is 6.42 Å². The second-order valence-corrected chi connectivity index (χ2v) is 6.97. The predicted molar refractivity (Wildman–Crippen MR) is 105 cm³/mol. The van der Waals surface area contributed by atoms with Crippen molar-refractivity contribution in [1.29, 1.82) is 0 Å². The number of urea groups is 1. The third-order valence-electron chi connectivity index (χ3n) is 4.65. The number of nitrogens with one attached hydrogen (secondary N) is 3. The van der Waals surface area contributed by atoms with Crippen LogP contribution in [-0.2, 0) is 4.79 Å². The molecule has 2 heterocycles. The molecule has 0 spiro atoms. The van der Waals surface area contributed by atoms with E-state index in [4.69, 9.17) is 11.6 Å². The van der Waals surface area contributed by atoms with Crippen LogP contribution in [-0.4, -0.2) is 40.1 Å². The van der Waals surface area contributed by atoms with Crippen LogP contribution < -0.4 is 10.6 Å². The monoisotopic (exact) mass is 383 g/mol. The molecule has 0 saturated carbocycles. The number of benzene rings is 2. The van der Waals surface area contributed by atoms with Crippen molar-refractivity contribution in [2.75, 3.05) is 23.7 Å². The molecular formula is C19H18ClN5O2. The van der Waals surface area contributed by atoms with E-state index >= 15 is 0 Å². The quantitative estimate of drug-likeness (QED) is 0.644. The molecule has 7 nitrogen and oxygen atoms in total. The van der Waals surface area contributed by atoms with Crippen molar-refractivity contribution < 1.29 is 9.59 Å². The summed E-state index contributed by atoms with van der Waals surface area (Å²) in [4.78, 5) is 26.6. The van der Waals surface area contributed by atoms with Gasteiger partial charge in [-0.25, -0.2) is 4.79 Å². The molecule has 1 saturated heterocycles. The van der Waals surface area contributed by atoms with Crippen LogP contribution in [0, 0.1) is 5.92 Å². The van der Waals surface area contributed by atoms with E-state index in [1.54, 1.807) is 35.4 Å². The molecule has 2 aromatic carbocycles. The number of aromatic nitrogens is 2. The molecular weight excluding hydrogens is 366 g/mol. The highest BCUT2D eigenvalue weighted by atomic mass is 35.5. The fourth-order valence-corrected chi connectivity index (χ4v) is 3.29. The van der Waals surface area contributed by atoms with E-state index in [0.29, 0.717) is 30.2 Å². The summed E-state index contributed by atoms with van der Waals surface area (Å²) in [5.74, 6) is -0.319. The number of anilines is 2. The molecule has 1 atom stereocenters. The molecule has 1 aromatic heterocycles. The number of H-pyrrole nitrogens is 1. The fraction of sp³-hybridized carbons (Fsp3) is 0.211. The zero-order valence-electron chi connectivity index (χ0n) is 14.4. The molecule has 138 valence electrons. The van der Waals surface area contributed by atoms with Crippen molar-refractivity contribution in [3.8, 4) is 0 Å². The minimum atomic E-state index is -0.235. The lowest BCUT2D eigenvalue weighted by atomic mass is 10.1. The average Bonchev–Trinajstić information content (AvgIpc) is 3.32. The second kappa shape index (κ2) is 7.28. The van der Waals surface area contributed by atoms with Gasteiger partial charge in [0.1, 0.15) is 0 Å². The Morgan fingerprint density at radius 1 is 1.11 bits per heavy atom. The minimum absolute atomic E-state index is 0.0837. The van der Waals surface area contributed by atoms with Crippen LogP contribution in [0.4, 0.5) is 16.2 Å². The Bertz CT molecular complexity index is 985. The number of hydrogen-bond acceptors (Lipinski definition) is 3. The number of carbonyl (C=O) groups is 2. The van der Waals surface area contributed by atoms with Crippen molar-refractivity contribution in [3.63, 3.8) is 0 Å². The first-order valence-electron chi connectivity index (χ1n) is 8.64. The van der Waals surface area contributed by atoms with Gasteiger partial charge in [0.25, 0.3) is 0 Å². The van der Waals surface area contributed by atoms with E-state index in [0.717, 1.165) is 16.6 Å². The molecule has 3 N–H and O–H groups in total. The van der Waals surface area contributed by atoms with E-state index in [1.165, 1.54) is 0 Å². The Kier molecular flexibility index (Phi) is 4.68. The summed E-state index contributed by atoms with van der Waals surface area (Å²) in [5, 5.41) is 14.1. The third kappa shape index (κ3) is 3.88. The highest BCUT2D eigenvalue weighted by molar-refractivity contribution is 6.30. The minimum Gasteiger partial charge on any atom is -0.326 e. The van der Waals surface area contributed by atoms with Gasteiger partial charge in [-0.15, -0.1) is 0 Å². The molecule has 27 heavy (non-hydrogen) atoms. The maximum absolute atomic E-state index is 12.5. The van der Waals surface area contributed by atoms with Gasteiger partial charge >= 0.3 is 6.03 Å². The van der Waals surface area contributed by atoms with Crippen molar-refractivity contribution >= 4 is 45.8 Å². The molecule has 3 aromatic rings. The number of amides is 3. The Morgan fingerprint density at radius 3 is 2.70 bits per heavy atom. The topological polar surface area (TPSA) is 90.1 Å². The maximum atomic E-state index is 12.5. The predicted octanol–water partition coefficient (Wildman–Crippen LogP) is 3.71. The number of nitrogens with zero attached hydrogens (tertiary/aromatic N) is 2. The summed E-state index contributed by atoms with van der Waals surface area (Å²) in [7, 11) is 0. The smallest absolute Gasteiger partial charge is 0.321 e. The van der Waals surface area contributed by atoms with Gasteiger partial charge in [-0.1, -0.05) is 11.6 Å².